The van der Waals surface area contributed by atoms with Crippen LogP contribution >= 0.6 is 0 Å². The predicted octanol–water partition coefficient (Wildman–Crippen LogP) is 4.26. The Kier molecular flexibility index (Phi) is 6.75. The lowest BCUT2D eigenvalue weighted by atomic mass is 9.75. The van der Waals surface area contributed by atoms with Crippen LogP contribution in [0.1, 0.15) is 49.1 Å². The third kappa shape index (κ3) is 4.77. The second-order valence-electron chi connectivity index (χ2n) is 9.97. The van der Waals surface area contributed by atoms with Crippen LogP contribution in [-0.4, -0.2) is 54.2 Å². The monoisotopic (exact) mass is 476 g/mol. The molecule has 0 spiro atoms. The summed E-state index contributed by atoms with van der Waals surface area (Å²) in [5, 5.41) is 12.2. The average molecular weight is 477 g/mol. The van der Waals surface area contributed by atoms with E-state index >= 15 is 0 Å². The first-order valence-electron chi connectivity index (χ1n) is 12.6. The molecule has 7 heteroatoms. The van der Waals surface area contributed by atoms with E-state index in [0.29, 0.717) is 19.4 Å². The van der Waals surface area contributed by atoms with Gasteiger partial charge in [0.2, 0.25) is 5.91 Å². The van der Waals surface area contributed by atoms with Gasteiger partial charge in [0.05, 0.1) is 11.8 Å². The fourth-order valence-corrected chi connectivity index (χ4v) is 5.75. The number of ether oxygens (including phenoxy) is 1. The Morgan fingerprint density at radius 2 is 1.63 bits per heavy atom. The molecule has 2 aromatic rings. The van der Waals surface area contributed by atoms with Crippen LogP contribution in [0.25, 0.3) is 11.1 Å². The summed E-state index contributed by atoms with van der Waals surface area (Å²) in [6.45, 7) is 1.28. The largest absolute Gasteiger partial charge is 0.481 e. The third-order valence-electron chi connectivity index (χ3n) is 7.93. The van der Waals surface area contributed by atoms with Crippen LogP contribution in [0.5, 0.6) is 0 Å². The smallest absolute Gasteiger partial charge is 0.407 e. The number of nitrogens with one attached hydrogen (secondary N) is 1. The maximum Gasteiger partial charge on any atom is 0.407 e. The van der Waals surface area contributed by atoms with Crippen LogP contribution in [0.3, 0.4) is 0 Å². The zero-order valence-electron chi connectivity index (χ0n) is 19.8. The molecule has 1 heterocycles. The van der Waals surface area contributed by atoms with Crippen molar-refractivity contribution in [3.8, 4) is 11.1 Å². The number of benzene rings is 2. The number of fused-ring (bicyclic) bond motifs is 3. The summed E-state index contributed by atoms with van der Waals surface area (Å²) >= 11 is 0. The minimum Gasteiger partial charge on any atom is -0.481 e. The van der Waals surface area contributed by atoms with Crippen LogP contribution in [-0.2, 0) is 14.3 Å². The van der Waals surface area contributed by atoms with Crippen molar-refractivity contribution in [3.05, 3.63) is 59.7 Å². The van der Waals surface area contributed by atoms with Crippen molar-refractivity contribution in [3.63, 3.8) is 0 Å². The van der Waals surface area contributed by atoms with Gasteiger partial charge in [-0.15, -0.1) is 0 Å². The zero-order valence-corrected chi connectivity index (χ0v) is 19.8. The quantitative estimate of drug-likeness (QED) is 0.622. The number of carboxylic acids is 1. The van der Waals surface area contributed by atoms with Gasteiger partial charge in [-0.3, -0.25) is 9.59 Å². The number of alkyl carbamates (subject to hydrolysis) is 1. The van der Waals surface area contributed by atoms with E-state index in [0.717, 1.165) is 30.4 Å². The van der Waals surface area contributed by atoms with Crippen molar-refractivity contribution in [1.82, 2.24) is 10.2 Å². The summed E-state index contributed by atoms with van der Waals surface area (Å²) in [5.74, 6) is -1.53. The van der Waals surface area contributed by atoms with Gasteiger partial charge in [-0.1, -0.05) is 55.0 Å². The van der Waals surface area contributed by atoms with Crippen LogP contribution in [0.2, 0.25) is 0 Å². The highest BCUT2D eigenvalue weighted by Crippen LogP contribution is 2.44. The highest BCUT2D eigenvalue weighted by molar-refractivity contribution is 5.82. The van der Waals surface area contributed by atoms with Gasteiger partial charge in [0, 0.05) is 25.6 Å². The number of hydrogen-bond donors (Lipinski definition) is 2. The topological polar surface area (TPSA) is 95.9 Å². The highest BCUT2D eigenvalue weighted by Gasteiger charge is 2.38. The van der Waals surface area contributed by atoms with Gasteiger partial charge in [-0.05, 0) is 53.9 Å². The maximum atomic E-state index is 13.3. The molecule has 5 rings (SSSR count). The maximum absolute atomic E-state index is 13.3. The number of hydrogen-bond acceptors (Lipinski definition) is 4. The van der Waals surface area contributed by atoms with Crippen molar-refractivity contribution in [2.75, 3.05) is 26.2 Å². The van der Waals surface area contributed by atoms with Crippen molar-refractivity contribution in [1.29, 1.82) is 0 Å². The van der Waals surface area contributed by atoms with Gasteiger partial charge in [-0.2, -0.15) is 0 Å². The fraction of sp³-hybridized carbons (Fsp3) is 0.464. The van der Waals surface area contributed by atoms with Crippen molar-refractivity contribution in [2.24, 2.45) is 17.8 Å². The summed E-state index contributed by atoms with van der Waals surface area (Å²) in [7, 11) is 0. The van der Waals surface area contributed by atoms with Gasteiger partial charge in [0.15, 0.2) is 0 Å². The number of piperidine rings is 1. The molecule has 7 nitrogen and oxygen atoms in total. The number of carbonyl (C=O) groups excluding carboxylic acids is 2. The minimum absolute atomic E-state index is 0.0153. The average Bonchev–Trinajstić information content (AvgIpc) is 3.17. The molecule has 2 N–H and O–H groups in total. The third-order valence-corrected chi connectivity index (χ3v) is 7.93. The summed E-state index contributed by atoms with van der Waals surface area (Å²) in [5.41, 5.74) is 4.66. The lowest BCUT2D eigenvalue weighted by molar-refractivity contribution is -0.147. The number of likely N-dealkylation sites (tertiary alicyclic amines) is 1. The predicted molar refractivity (Wildman–Crippen MR) is 131 cm³/mol. The van der Waals surface area contributed by atoms with E-state index in [1.807, 2.05) is 24.3 Å². The second-order valence-corrected chi connectivity index (χ2v) is 9.97. The number of carbonyl (C=O) groups is 3. The Morgan fingerprint density at radius 1 is 0.971 bits per heavy atom. The van der Waals surface area contributed by atoms with Gasteiger partial charge in [0.25, 0.3) is 0 Å². The molecule has 1 aliphatic heterocycles. The van der Waals surface area contributed by atoms with E-state index in [9.17, 15) is 19.5 Å². The lowest BCUT2D eigenvalue weighted by Gasteiger charge is -2.38. The fourth-order valence-electron chi connectivity index (χ4n) is 5.75. The summed E-state index contributed by atoms with van der Waals surface area (Å²) in [6, 6.07) is 16.4. The van der Waals surface area contributed by atoms with Crippen molar-refractivity contribution >= 4 is 18.0 Å². The summed E-state index contributed by atoms with van der Waals surface area (Å²) in [6.07, 6.45) is 3.77. The van der Waals surface area contributed by atoms with Crippen LogP contribution in [0, 0.1) is 17.8 Å². The molecular formula is C28H32N2O5. The molecule has 2 aromatic carbocycles. The first kappa shape index (κ1) is 23.4. The van der Waals surface area contributed by atoms with E-state index in [-0.39, 0.29) is 43.4 Å². The van der Waals surface area contributed by atoms with Crippen molar-refractivity contribution < 1.29 is 24.2 Å². The molecule has 1 unspecified atom stereocenters. The molecule has 2 atom stereocenters. The van der Waals surface area contributed by atoms with Crippen LogP contribution in [0.15, 0.2) is 48.5 Å². The Hall–Kier alpha value is -3.35. The van der Waals surface area contributed by atoms with Crippen molar-refractivity contribution in [2.45, 2.75) is 38.0 Å². The number of rotatable bonds is 7. The van der Waals surface area contributed by atoms with E-state index in [2.05, 4.69) is 29.6 Å². The zero-order chi connectivity index (χ0) is 24.4. The Labute approximate surface area is 205 Å². The highest BCUT2D eigenvalue weighted by atomic mass is 16.5. The molecular weight excluding hydrogens is 444 g/mol. The van der Waals surface area contributed by atoms with E-state index in [1.165, 1.54) is 11.1 Å². The molecule has 2 amide bonds. The number of carboxylic acid groups (broad SMARTS) is 1. The molecule has 1 saturated heterocycles. The molecule has 0 radical (unpaired) electrons. The standard InChI is InChI=1S/C28H32N2O5/c31-26(30-14-6-9-19(16-30)27(32)33)24(18-7-5-8-18)15-29-28(34)35-17-25-22-12-3-1-10-20(22)21-11-2-4-13-23(21)25/h1-4,10-13,18-19,24-25H,5-9,14-17H2,(H,29,34)(H,32,33)/t19-,24?/m0/s1. The Bertz CT molecular complexity index is 1070. The van der Waals surface area contributed by atoms with Gasteiger partial charge in [-0.25, -0.2) is 4.79 Å². The Morgan fingerprint density at radius 3 is 2.23 bits per heavy atom. The molecule has 0 bridgehead atoms. The molecule has 2 fully saturated rings. The molecule has 3 aliphatic rings. The van der Waals surface area contributed by atoms with Gasteiger partial charge < -0.3 is 20.1 Å². The molecule has 1 saturated carbocycles. The summed E-state index contributed by atoms with van der Waals surface area (Å²) < 4.78 is 5.64. The summed E-state index contributed by atoms with van der Waals surface area (Å²) in [4.78, 5) is 39.1. The molecule has 0 aromatic heterocycles. The lowest BCUT2D eigenvalue weighted by Crippen LogP contribution is -2.50. The Balaban J connectivity index is 1.20. The first-order chi connectivity index (χ1) is 17.0. The van der Waals surface area contributed by atoms with E-state index < -0.39 is 18.0 Å². The van der Waals surface area contributed by atoms with E-state index in [4.69, 9.17) is 4.74 Å². The number of aliphatic carboxylic acids is 1. The van der Waals surface area contributed by atoms with E-state index in [1.54, 1.807) is 4.90 Å². The first-order valence-corrected chi connectivity index (χ1v) is 12.6. The van der Waals surface area contributed by atoms with Crippen LogP contribution in [0.4, 0.5) is 4.79 Å². The molecule has 184 valence electrons. The van der Waals surface area contributed by atoms with Gasteiger partial charge >= 0.3 is 12.1 Å². The minimum atomic E-state index is -0.848. The number of amides is 2. The second kappa shape index (κ2) is 10.1. The molecule has 35 heavy (non-hydrogen) atoms. The SMILES string of the molecule is O=C(NCC(C(=O)N1CCC[C@H](C(=O)O)C1)C1CCC1)OCC1c2ccccc2-c2ccccc21. The van der Waals surface area contributed by atoms with Crippen LogP contribution < -0.4 is 5.32 Å². The van der Waals surface area contributed by atoms with Gasteiger partial charge in [0.1, 0.15) is 6.61 Å². The normalized spacial score (nSPS) is 20.3. The number of nitrogens with zero attached hydrogens (tertiary/aromatic N) is 1. The molecule has 2 aliphatic carbocycles.